The number of carbonyl (C=O) groups is 2. The summed E-state index contributed by atoms with van der Waals surface area (Å²) in [7, 11) is 2.90. The van der Waals surface area contributed by atoms with Gasteiger partial charge in [0.1, 0.15) is 12.3 Å². The predicted octanol–water partition coefficient (Wildman–Crippen LogP) is 2.67. The van der Waals surface area contributed by atoms with E-state index in [0.29, 0.717) is 28.4 Å². The molecule has 0 bridgehead atoms. The summed E-state index contributed by atoms with van der Waals surface area (Å²) in [6.07, 6.45) is 2.26. The smallest absolute Gasteiger partial charge is 0.332 e. The Balaban J connectivity index is 1.69. The molecule has 2 aromatic heterocycles. The van der Waals surface area contributed by atoms with Crippen LogP contribution in [0.4, 0.5) is 0 Å². The highest BCUT2D eigenvalue weighted by Gasteiger charge is 2.19. The van der Waals surface area contributed by atoms with Gasteiger partial charge < -0.3 is 24.5 Å². The number of fused-ring (bicyclic) bond motifs is 1. The van der Waals surface area contributed by atoms with Crippen molar-refractivity contribution in [2.75, 3.05) is 14.2 Å². The van der Waals surface area contributed by atoms with Crippen LogP contribution in [0, 0.1) is 0 Å². The fourth-order valence-electron chi connectivity index (χ4n) is 4.23. The molecule has 0 saturated carbocycles. The Kier molecular flexibility index (Phi) is 8.73. The summed E-state index contributed by atoms with van der Waals surface area (Å²) in [5.41, 5.74) is 0.102. The van der Waals surface area contributed by atoms with Crippen LogP contribution in [0.3, 0.4) is 0 Å². The quantitative estimate of drug-likeness (QED) is 0.294. The lowest BCUT2D eigenvalue weighted by atomic mass is 10.1. The molecule has 0 aliphatic carbocycles. The standard InChI is InChI=1S/C29H32N4O7/c1-5-18(2)31-26(34)17-32-23-14-25(39-4)24(38-3)13-22(23)28(36)33(29(32)37)16-19-8-10-20(11-9-19)27(35)30-15-21-7-6-12-40-21/h6-14,18H,5,15-17H2,1-4H3,(H,30,35)(H,31,34)/t18-/m1/s1. The highest BCUT2D eigenvalue weighted by Crippen LogP contribution is 2.30. The molecule has 0 saturated heterocycles. The zero-order chi connectivity index (χ0) is 28.8. The lowest BCUT2D eigenvalue weighted by Gasteiger charge is -2.17. The van der Waals surface area contributed by atoms with E-state index in [9.17, 15) is 19.2 Å². The molecule has 2 aromatic carbocycles. The van der Waals surface area contributed by atoms with E-state index < -0.39 is 11.2 Å². The molecule has 0 radical (unpaired) electrons. The molecule has 11 heteroatoms. The van der Waals surface area contributed by atoms with Crippen molar-refractivity contribution in [3.05, 3.63) is 92.5 Å². The third-order valence-corrected chi connectivity index (χ3v) is 6.61. The summed E-state index contributed by atoms with van der Waals surface area (Å²) in [4.78, 5) is 52.4. The number of furan rings is 1. The average Bonchev–Trinajstić information content (AvgIpc) is 3.49. The van der Waals surface area contributed by atoms with Crippen LogP contribution in [0.5, 0.6) is 11.5 Å². The molecule has 0 unspecified atom stereocenters. The van der Waals surface area contributed by atoms with Crippen LogP contribution in [0.1, 0.15) is 41.9 Å². The number of ether oxygens (including phenoxy) is 2. The fraction of sp³-hybridized carbons (Fsp3) is 0.310. The molecule has 2 amide bonds. The molecule has 4 rings (SSSR count). The fourth-order valence-corrected chi connectivity index (χ4v) is 4.23. The minimum Gasteiger partial charge on any atom is -0.493 e. The van der Waals surface area contributed by atoms with Gasteiger partial charge in [0.25, 0.3) is 11.5 Å². The van der Waals surface area contributed by atoms with Gasteiger partial charge in [-0.25, -0.2) is 4.79 Å². The van der Waals surface area contributed by atoms with Gasteiger partial charge in [-0.2, -0.15) is 0 Å². The normalized spacial score (nSPS) is 11.7. The maximum Gasteiger partial charge on any atom is 0.332 e. The van der Waals surface area contributed by atoms with E-state index in [-0.39, 0.29) is 48.4 Å². The maximum absolute atomic E-state index is 13.6. The van der Waals surface area contributed by atoms with Crippen LogP contribution >= 0.6 is 0 Å². The van der Waals surface area contributed by atoms with E-state index in [1.54, 1.807) is 36.4 Å². The Morgan fingerprint density at radius 1 is 1.00 bits per heavy atom. The molecular weight excluding hydrogens is 516 g/mol. The molecule has 4 aromatic rings. The van der Waals surface area contributed by atoms with Crippen LogP contribution in [0.15, 0.2) is 68.8 Å². The molecule has 11 nitrogen and oxygen atoms in total. The first kappa shape index (κ1) is 28.2. The zero-order valence-electron chi connectivity index (χ0n) is 22.9. The van der Waals surface area contributed by atoms with Crippen LogP contribution < -0.4 is 31.4 Å². The minimum absolute atomic E-state index is 0.0662. The second-order valence-electron chi connectivity index (χ2n) is 9.32. The van der Waals surface area contributed by atoms with Crippen LogP contribution in [0.2, 0.25) is 0 Å². The summed E-state index contributed by atoms with van der Waals surface area (Å²) >= 11 is 0. The number of amides is 2. The van der Waals surface area contributed by atoms with Crippen molar-refractivity contribution in [3.8, 4) is 11.5 Å². The van der Waals surface area contributed by atoms with Gasteiger partial charge in [0.05, 0.1) is 44.5 Å². The number of hydrogen-bond acceptors (Lipinski definition) is 7. The number of aromatic nitrogens is 2. The Morgan fingerprint density at radius 3 is 2.33 bits per heavy atom. The van der Waals surface area contributed by atoms with Gasteiger partial charge in [-0.3, -0.25) is 23.5 Å². The van der Waals surface area contributed by atoms with Crippen LogP contribution in [0.25, 0.3) is 10.9 Å². The van der Waals surface area contributed by atoms with Crippen LogP contribution in [-0.4, -0.2) is 41.2 Å². The SMILES string of the molecule is CC[C@@H](C)NC(=O)Cn1c(=O)n(Cc2ccc(C(=O)NCc3ccco3)cc2)c(=O)c2cc(OC)c(OC)cc21. The Morgan fingerprint density at radius 2 is 1.70 bits per heavy atom. The molecule has 0 aliphatic rings. The zero-order valence-corrected chi connectivity index (χ0v) is 22.9. The van der Waals surface area contributed by atoms with E-state index in [4.69, 9.17) is 13.9 Å². The van der Waals surface area contributed by atoms with Gasteiger partial charge in [0, 0.05) is 17.7 Å². The molecule has 2 N–H and O–H groups in total. The highest BCUT2D eigenvalue weighted by molar-refractivity contribution is 5.94. The van der Waals surface area contributed by atoms with E-state index in [1.165, 1.54) is 37.2 Å². The number of hydrogen-bond donors (Lipinski definition) is 2. The van der Waals surface area contributed by atoms with Gasteiger partial charge in [-0.15, -0.1) is 0 Å². The van der Waals surface area contributed by atoms with Crippen molar-refractivity contribution in [1.29, 1.82) is 0 Å². The third kappa shape index (κ3) is 6.09. The summed E-state index contributed by atoms with van der Waals surface area (Å²) in [5.74, 6) is 0.620. The number of rotatable bonds is 11. The number of methoxy groups -OCH3 is 2. The Hall–Kier alpha value is -4.80. The third-order valence-electron chi connectivity index (χ3n) is 6.61. The second-order valence-corrected chi connectivity index (χ2v) is 9.32. The molecule has 1 atom stereocenters. The van der Waals surface area contributed by atoms with Crippen molar-refractivity contribution in [2.24, 2.45) is 0 Å². The lowest BCUT2D eigenvalue weighted by Crippen LogP contribution is -2.44. The van der Waals surface area contributed by atoms with Crippen molar-refractivity contribution in [1.82, 2.24) is 19.8 Å². The van der Waals surface area contributed by atoms with E-state index in [2.05, 4.69) is 10.6 Å². The molecule has 40 heavy (non-hydrogen) atoms. The largest absolute Gasteiger partial charge is 0.493 e. The monoisotopic (exact) mass is 548 g/mol. The number of nitrogens with zero attached hydrogens (tertiary/aromatic N) is 2. The number of nitrogens with one attached hydrogen (secondary N) is 2. The predicted molar refractivity (Wildman–Crippen MR) is 149 cm³/mol. The summed E-state index contributed by atoms with van der Waals surface area (Å²) in [6, 6.07) is 13.0. The van der Waals surface area contributed by atoms with E-state index in [0.717, 1.165) is 11.0 Å². The molecule has 0 aliphatic heterocycles. The Bertz CT molecular complexity index is 1620. The highest BCUT2D eigenvalue weighted by atomic mass is 16.5. The van der Waals surface area contributed by atoms with Gasteiger partial charge >= 0.3 is 5.69 Å². The molecule has 0 fully saturated rings. The van der Waals surface area contributed by atoms with Crippen molar-refractivity contribution >= 4 is 22.7 Å². The van der Waals surface area contributed by atoms with E-state index >= 15 is 0 Å². The molecule has 2 heterocycles. The second kappa shape index (κ2) is 12.4. The minimum atomic E-state index is -0.649. The first-order valence-electron chi connectivity index (χ1n) is 12.8. The van der Waals surface area contributed by atoms with Crippen molar-refractivity contribution in [3.63, 3.8) is 0 Å². The van der Waals surface area contributed by atoms with Crippen LogP contribution in [-0.2, 0) is 24.4 Å². The summed E-state index contributed by atoms with van der Waals surface area (Å²) in [5, 5.41) is 5.82. The Labute approximate surface area is 230 Å². The van der Waals surface area contributed by atoms with Crippen molar-refractivity contribution < 1.29 is 23.5 Å². The maximum atomic E-state index is 13.6. The first-order valence-corrected chi connectivity index (χ1v) is 12.8. The topological polar surface area (TPSA) is 134 Å². The molecule has 0 spiro atoms. The van der Waals surface area contributed by atoms with E-state index in [1.807, 2.05) is 13.8 Å². The number of carbonyl (C=O) groups excluding carboxylic acids is 2. The van der Waals surface area contributed by atoms with Gasteiger partial charge in [-0.1, -0.05) is 19.1 Å². The van der Waals surface area contributed by atoms with Gasteiger partial charge in [0.2, 0.25) is 5.91 Å². The van der Waals surface area contributed by atoms with Gasteiger partial charge in [0.15, 0.2) is 11.5 Å². The lowest BCUT2D eigenvalue weighted by molar-refractivity contribution is -0.122. The van der Waals surface area contributed by atoms with Crippen molar-refractivity contribution in [2.45, 2.75) is 45.9 Å². The summed E-state index contributed by atoms with van der Waals surface area (Å²) in [6.45, 7) is 3.71. The average molecular weight is 549 g/mol. The van der Waals surface area contributed by atoms with Gasteiger partial charge in [-0.05, 0) is 49.2 Å². The molecule has 210 valence electrons. The molecular formula is C29H32N4O7. The first-order chi connectivity index (χ1) is 19.2. The number of benzene rings is 2. The summed E-state index contributed by atoms with van der Waals surface area (Å²) < 4.78 is 18.3.